The van der Waals surface area contributed by atoms with Crippen LogP contribution in [-0.4, -0.2) is 15.0 Å². The quantitative estimate of drug-likeness (QED) is 0.750. The van der Waals surface area contributed by atoms with Gasteiger partial charge in [-0.2, -0.15) is 0 Å². The summed E-state index contributed by atoms with van der Waals surface area (Å²) in [5.41, 5.74) is 1.80. The summed E-state index contributed by atoms with van der Waals surface area (Å²) >= 11 is 0. The van der Waals surface area contributed by atoms with E-state index in [-0.39, 0.29) is 11.4 Å². The molecular weight excluding hydrogens is 310 g/mol. The Balaban J connectivity index is 2.18. The van der Waals surface area contributed by atoms with Crippen molar-refractivity contribution < 1.29 is 13.2 Å². The number of hydrogen-bond donors (Lipinski definition) is 1. The van der Waals surface area contributed by atoms with Crippen molar-refractivity contribution in [2.75, 3.05) is 6.61 Å². The zero-order valence-electron chi connectivity index (χ0n) is 13.6. The van der Waals surface area contributed by atoms with E-state index in [4.69, 9.17) is 4.74 Å². The lowest BCUT2D eigenvalue weighted by atomic mass is 10.2. The van der Waals surface area contributed by atoms with E-state index in [9.17, 15) is 8.42 Å². The Kier molecular flexibility index (Phi) is 6.19. The van der Waals surface area contributed by atoms with E-state index >= 15 is 0 Å². The van der Waals surface area contributed by atoms with E-state index in [1.165, 1.54) is 0 Å². The van der Waals surface area contributed by atoms with Gasteiger partial charge in [-0.25, -0.2) is 13.1 Å². The van der Waals surface area contributed by atoms with E-state index < -0.39 is 10.0 Å². The minimum atomic E-state index is -3.62. The van der Waals surface area contributed by atoms with Crippen molar-refractivity contribution in [1.82, 2.24) is 4.72 Å². The van der Waals surface area contributed by atoms with Crippen molar-refractivity contribution in [3.8, 4) is 5.75 Å². The minimum absolute atomic E-state index is 0.199. The van der Waals surface area contributed by atoms with Crippen molar-refractivity contribution in [1.29, 1.82) is 0 Å². The van der Waals surface area contributed by atoms with Crippen LogP contribution in [0.25, 0.3) is 0 Å². The van der Waals surface area contributed by atoms with Gasteiger partial charge in [0.25, 0.3) is 0 Å². The summed E-state index contributed by atoms with van der Waals surface area (Å²) in [6.45, 7) is 4.70. The monoisotopic (exact) mass is 333 g/mol. The Hall–Kier alpha value is -1.85. The number of aryl methyl sites for hydroxylation is 1. The second kappa shape index (κ2) is 8.13. The first-order valence-electron chi connectivity index (χ1n) is 7.80. The molecule has 0 aliphatic rings. The van der Waals surface area contributed by atoms with Crippen LogP contribution in [0.1, 0.15) is 30.9 Å². The van der Waals surface area contributed by atoms with Crippen LogP contribution in [-0.2, 0) is 16.6 Å². The summed E-state index contributed by atoms with van der Waals surface area (Å²) in [5, 5.41) is 0. The zero-order chi connectivity index (χ0) is 16.7. The predicted molar refractivity (Wildman–Crippen MR) is 92.0 cm³/mol. The fourth-order valence-corrected chi connectivity index (χ4v) is 3.37. The molecule has 0 aliphatic carbocycles. The van der Waals surface area contributed by atoms with Crippen molar-refractivity contribution >= 4 is 10.0 Å². The van der Waals surface area contributed by atoms with Gasteiger partial charge in [-0.1, -0.05) is 49.7 Å². The lowest BCUT2D eigenvalue weighted by Gasteiger charge is -2.13. The van der Waals surface area contributed by atoms with Gasteiger partial charge in [-0.3, -0.25) is 0 Å². The van der Waals surface area contributed by atoms with Gasteiger partial charge < -0.3 is 4.74 Å². The highest BCUT2D eigenvalue weighted by Gasteiger charge is 2.19. The largest absolute Gasteiger partial charge is 0.492 e. The molecule has 0 aromatic heterocycles. The Labute approximate surface area is 138 Å². The molecule has 0 fully saturated rings. The molecular formula is C18H23NO3S. The van der Waals surface area contributed by atoms with E-state index in [0.717, 1.165) is 24.0 Å². The molecule has 0 saturated carbocycles. The molecule has 0 heterocycles. The summed E-state index contributed by atoms with van der Waals surface area (Å²) in [7, 11) is -3.62. The number of unbranched alkanes of at least 4 members (excludes halogenated alkanes) is 1. The number of nitrogens with one attached hydrogen (secondary N) is 1. The molecule has 0 atom stereocenters. The molecule has 0 spiro atoms. The van der Waals surface area contributed by atoms with E-state index in [0.29, 0.717) is 12.4 Å². The molecule has 5 heteroatoms. The second-order valence-corrected chi connectivity index (χ2v) is 7.20. The molecule has 0 aliphatic heterocycles. The zero-order valence-corrected chi connectivity index (χ0v) is 14.4. The summed E-state index contributed by atoms with van der Waals surface area (Å²) in [4.78, 5) is 0.199. The molecule has 0 saturated heterocycles. The lowest BCUT2D eigenvalue weighted by molar-refractivity contribution is 0.301. The van der Waals surface area contributed by atoms with Crippen LogP contribution in [0.4, 0.5) is 0 Å². The van der Waals surface area contributed by atoms with Gasteiger partial charge in [-0.15, -0.1) is 0 Å². The number of hydrogen-bond acceptors (Lipinski definition) is 3. The second-order valence-electron chi connectivity index (χ2n) is 5.46. The van der Waals surface area contributed by atoms with Crippen LogP contribution in [0.2, 0.25) is 0 Å². The van der Waals surface area contributed by atoms with Crippen molar-refractivity contribution in [3.63, 3.8) is 0 Å². The average Bonchev–Trinajstić information content (AvgIpc) is 2.55. The Bertz CT molecular complexity index is 727. The highest BCUT2D eigenvalue weighted by Crippen LogP contribution is 2.25. The smallest absolute Gasteiger partial charge is 0.244 e. The molecule has 1 N–H and O–H groups in total. The van der Waals surface area contributed by atoms with Crippen LogP contribution < -0.4 is 9.46 Å². The maximum atomic E-state index is 12.6. The topological polar surface area (TPSA) is 55.4 Å². The van der Waals surface area contributed by atoms with Gasteiger partial charge in [0.2, 0.25) is 10.0 Å². The molecule has 0 amide bonds. The van der Waals surface area contributed by atoms with Crippen LogP contribution >= 0.6 is 0 Å². The number of rotatable bonds is 8. The Morgan fingerprint density at radius 1 is 1.09 bits per heavy atom. The fourth-order valence-electron chi connectivity index (χ4n) is 2.12. The van der Waals surface area contributed by atoms with Gasteiger partial charge in [0.05, 0.1) is 6.61 Å². The van der Waals surface area contributed by atoms with E-state index in [1.807, 2.05) is 43.3 Å². The summed E-state index contributed by atoms with van der Waals surface area (Å²) in [6, 6.07) is 14.7. The van der Waals surface area contributed by atoms with Crippen LogP contribution in [0, 0.1) is 6.92 Å². The summed E-state index contributed by atoms with van der Waals surface area (Å²) in [6.07, 6.45) is 1.89. The van der Waals surface area contributed by atoms with E-state index in [2.05, 4.69) is 11.6 Å². The Morgan fingerprint density at radius 3 is 2.52 bits per heavy atom. The predicted octanol–water partition coefficient (Wildman–Crippen LogP) is 3.65. The van der Waals surface area contributed by atoms with Crippen molar-refractivity contribution in [3.05, 3.63) is 59.7 Å². The maximum Gasteiger partial charge on any atom is 0.244 e. The first-order valence-corrected chi connectivity index (χ1v) is 9.28. The number of benzene rings is 2. The SMILES string of the molecule is CCCCOc1ccc(C)cc1S(=O)(=O)NCc1ccccc1. The fraction of sp³-hybridized carbons (Fsp3) is 0.333. The maximum absolute atomic E-state index is 12.6. The normalized spacial score (nSPS) is 11.4. The molecule has 2 aromatic rings. The highest BCUT2D eigenvalue weighted by atomic mass is 32.2. The molecule has 2 aromatic carbocycles. The van der Waals surface area contributed by atoms with Gasteiger partial charge in [0.1, 0.15) is 10.6 Å². The third-order valence-electron chi connectivity index (χ3n) is 3.45. The van der Waals surface area contributed by atoms with Gasteiger partial charge in [-0.05, 0) is 36.6 Å². The van der Waals surface area contributed by atoms with Crippen molar-refractivity contribution in [2.45, 2.75) is 38.1 Å². The van der Waals surface area contributed by atoms with Crippen LogP contribution in [0.3, 0.4) is 0 Å². The molecule has 0 unspecified atom stereocenters. The van der Waals surface area contributed by atoms with Gasteiger partial charge in [0, 0.05) is 6.54 Å². The third-order valence-corrected chi connectivity index (χ3v) is 4.88. The molecule has 23 heavy (non-hydrogen) atoms. The molecule has 2 rings (SSSR count). The third kappa shape index (κ3) is 5.08. The lowest BCUT2D eigenvalue weighted by Crippen LogP contribution is -2.24. The first-order chi connectivity index (χ1) is 11.0. The van der Waals surface area contributed by atoms with Gasteiger partial charge in [0.15, 0.2) is 0 Å². The molecule has 124 valence electrons. The molecule has 0 radical (unpaired) electrons. The summed E-state index contributed by atoms with van der Waals surface area (Å²) in [5.74, 6) is 0.407. The highest BCUT2D eigenvalue weighted by molar-refractivity contribution is 7.89. The van der Waals surface area contributed by atoms with Gasteiger partial charge >= 0.3 is 0 Å². The minimum Gasteiger partial charge on any atom is -0.492 e. The Morgan fingerprint density at radius 2 is 1.83 bits per heavy atom. The first kappa shape index (κ1) is 17.5. The van der Waals surface area contributed by atoms with Crippen LogP contribution in [0.5, 0.6) is 5.75 Å². The number of sulfonamides is 1. The molecule has 0 bridgehead atoms. The van der Waals surface area contributed by atoms with Crippen LogP contribution in [0.15, 0.2) is 53.4 Å². The number of ether oxygens (including phenoxy) is 1. The molecule has 4 nitrogen and oxygen atoms in total. The van der Waals surface area contributed by atoms with E-state index in [1.54, 1.807) is 12.1 Å². The summed E-state index contributed by atoms with van der Waals surface area (Å²) < 4.78 is 33.5. The average molecular weight is 333 g/mol. The standard InChI is InChI=1S/C18H23NO3S/c1-3-4-12-22-17-11-10-15(2)13-18(17)23(20,21)19-14-16-8-6-5-7-9-16/h5-11,13,19H,3-4,12,14H2,1-2H3. The van der Waals surface area contributed by atoms with Crippen molar-refractivity contribution in [2.24, 2.45) is 0 Å².